The van der Waals surface area contributed by atoms with Gasteiger partial charge in [0, 0.05) is 16.8 Å². The SMILES string of the molecule is O=C(N/N=C\c1cccc(O)c1)c1ccc(NC(=O)c2ccc(F)cc2)cc1. The summed E-state index contributed by atoms with van der Waals surface area (Å²) in [5, 5.41) is 15.9. The second-order valence-electron chi connectivity index (χ2n) is 5.83. The molecule has 0 aliphatic heterocycles. The van der Waals surface area contributed by atoms with Crippen molar-refractivity contribution in [2.24, 2.45) is 5.10 Å². The summed E-state index contributed by atoms with van der Waals surface area (Å²) in [4.78, 5) is 24.2. The number of phenols is 1. The van der Waals surface area contributed by atoms with Crippen molar-refractivity contribution in [3.8, 4) is 5.75 Å². The first-order valence-electron chi connectivity index (χ1n) is 8.31. The molecule has 0 aliphatic carbocycles. The third kappa shape index (κ3) is 5.01. The second kappa shape index (κ2) is 8.59. The number of nitrogens with zero attached hydrogens (tertiary/aromatic N) is 1. The lowest BCUT2D eigenvalue weighted by molar-refractivity contribution is 0.0954. The Morgan fingerprint density at radius 1 is 0.893 bits per heavy atom. The standard InChI is InChI=1S/C21H16FN3O3/c22-17-8-4-15(5-9-17)20(27)24-18-10-6-16(7-11-18)21(28)25-23-13-14-2-1-3-19(26)12-14/h1-13,26H,(H,24,27)(H,25,28)/b23-13-. The van der Waals surface area contributed by atoms with Crippen LogP contribution in [0, 0.1) is 5.82 Å². The predicted molar refractivity (Wildman–Crippen MR) is 104 cm³/mol. The Balaban J connectivity index is 1.58. The highest BCUT2D eigenvalue weighted by atomic mass is 19.1. The number of aromatic hydroxyl groups is 1. The van der Waals surface area contributed by atoms with Gasteiger partial charge >= 0.3 is 0 Å². The first kappa shape index (κ1) is 18.8. The fourth-order valence-electron chi connectivity index (χ4n) is 2.34. The fourth-order valence-corrected chi connectivity index (χ4v) is 2.34. The molecule has 140 valence electrons. The molecule has 28 heavy (non-hydrogen) atoms. The summed E-state index contributed by atoms with van der Waals surface area (Å²) in [6.07, 6.45) is 1.41. The van der Waals surface area contributed by atoms with Gasteiger partial charge in [0.05, 0.1) is 6.21 Å². The van der Waals surface area contributed by atoms with E-state index in [-0.39, 0.29) is 11.7 Å². The minimum atomic E-state index is -0.423. The molecule has 0 aromatic heterocycles. The molecule has 0 heterocycles. The van der Waals surface area contributed by atoms with E-state index in [4.69, 9.17) is 0 Å². The zero-order chi connectivity index (χ0) is 19.9. The number of hydrogen-bond acceptors (Lipinski definition) is 4. The molecule has 0 saturated heterocycles. The van der Waals surface area contributed by atoms with E-state index in [2.05, 4.69) is 15.8 Å². The van der Waals surface area contributed by atoms with Crippen LogP contribution in [-0.4, -0.2) is 23.1 Å². The van der Waals surface area contributed by atoms with Crippen LogP contribution in [0.3, 0.4) is 0 Å². The summed E-state index contributed by atoms with van der Waals surface area (Å²) in [6, 6.07) is 17.9. The van der Waals surface area contributed by atoms with Gasteiger partial charge in [0.15, 0.2) is 0 Å². The molecule has 0 radical (unpaired) electrons. The van der Waals surface area contributed by atoms with Gasteiger partial charge in [-0.05, 0) is 66.2 Å². The van der Waals surface area contributed by atoms with Gasteiger partial charge in [0.2, 0.25) is 0 Å². The number of nitrogens with one attached hydrogen (secondary N) is 2. The van der Waals surface area contributed by atoms with Crippen LogP contribution in [-0.2, 0) is 0 Å². The zero-order valence-electron chi connectivity index (χ0n) is 14.6. The summed E-state index contributed by atoms with van der Waals surface area (Å²) >= 11 is 0. The van der Waals surface area contributed by atoms with Gasteiger partial charge in [0.1, 0.15) is 11.6 Å². The average Bonchev–Trinajstić information content (AvgIpc) is 2.69. The van der Waals surface area contributed by atoms with Crippen LogP contribution in [0.15, 0.2) is 77.9 Å². The minimum absolute atomic E-state index is 0.105. The molecule has 0 fully saturated rings. The largest absolute Gasteiger partial charge is 0.508 e. The Labute approximate surface area is 160 Å². The molecule has 3 aromatic rings. The van der Waals surface area contributed by atoms with Crippen molar-refractivity contribution in [3.63, 3.8) is 0 Å². The first-order valence-corrected chi connectivity index (χ1v) is 8.31. The first-order chi connectivity index (χ1) is 13.5. The molecule has 0 aliphatic rings. The molecule has 7 heteroatoms. The van der Waals surface area contributed by atoms with Crippen LogP contribution in [0.25, 0.3) is 0 Å². The normalized spacial score (nSPS) is 10.6. The van der Waals surface area contributed by atoms with Crippen molar-refractivity contribution >= 4 is 23.7 Å². The van der Waals surface area contributed by atoms with E-state index < -0.39 is 11.7 Å². The molecular formula is C21H16FN3O3. The van der Waals surface area contributed by atoms with Crippen molar-refractivity contribution in [1.29, 1.82) is 0 Å². The highest BCUT2D eigenvalue weighted by Crippen LogP contribution is 2.12. The Bertz CT molecular complexity index is 1020. The van der Waals surface area contributed by atoms with Crippen molar-refractivity contribution in [2.45, 2.75) is 0 Å². The summed E-state index contributed by atoms with van der Waals surface area (Å²) < 4.78 is 12.9. The van der Waals surface area contributed by atoms with E-state index in [9.17, 15) is 19.1 Å². The number of carbonyl (C=O) groups excluding carboxylic acids is 2. The lowest BCUT2D eigenvalue weighted by atomic mass is 10.1. The minimum Gasteiger partial charge on any atom is -0.508 e. The van der Waals surface area contributed by atoms with Gasteiger partial charge in [-0.2, -0.15) is 5.10 Å². The van der Waals surface area contributed by atoms with E-state index in [1.807, 2.05) is 0 Å². The third-order valence-corrected chi connectivity index (χ3v) is 3.76. The van der Waals surface area contributed by atoms with Crippen LogP contribution in [0.1, 0.15) is 26.3 Å². The Morgan fingerprint density at radius 3 is 2.21 bits per heavy atom. The van der Waals surface area contributed by atoms with Crippen molar-refractivity contribution < 1.29 is 19.1 Å². The van der Waals surface area contributed by atoms with E-state index in [1.54, 1.807) is 36.4 Å². The van der Waals surface area contributed by atoms with E-state index >= 15 is 0 Å². The highest BCUT2D eigenvalue weighted by Gasteiger charge is 2.08. The van der Waals surface area contributed by atoms with Gasteiger partial charge in [-0.1, -0.05) is 12.1 Å². The number of phenolic OH excluding ortho intramolecular Hbond substituents is 1. The van der Waals surface area contributed by atoms with E-state index in [0.29, 0.717) is 22.4 Å². The van der Waals surface area contributed by atoms with Gasteiger partial charge in [-0.25, -0.2) is 9.82 Å². The molecule has 6 nitrogen and oxygen atoms in total. The maximum atomic E-state index is 12.9. The lowest BCUT2D eigenvalue weighted by Gasteiger charge is -2.06. The number of benzene rings is 3. The van der Waals surface area contributed by atoms with Crippen LogP contribution in [0.4, 0.5) is 10.1 Å². The fraction of sp³-hybridized carbons (Fsp3) is 0. The summed E-state index contributed by atoms with van der Waals surface area (Å²) in [5.74, 6) is -1.12. The maximum absolute atomic E-state index is 12.9. The molecule has 0 saturated carbocycles. The Morgan fingerprint density at radius 2 is 1.54 bits per heavy atom. The number of amides is 2. The molecule has 0 atom stereocenters. The molecule has 2 amide bonds. The van der Waals surface area contributed by atoms with Gasteiger partial charge in [-0.3, -0.25) is 9.59 Å². The number of carbonyl (C=O) groups is 2. The number of halogens is 1. The van der Waals surface area contributed by atoms with E-state index in [1.165, 1.54) is 42.6 Å². The van der Waals surface area contributed by atoms with Crippen LogP contribution < -0.4 is 10.7 Å². The lowest BCUT2D eigenvalue weighted by Crippen LogP contribution is -2.17. The van der Waals surface area contributed by atoms with E-state index in [0.717, 1.165) is 0 Å². The molecular weight excluding hydrogens is 361 g/mol. The maximum Gasteiger partial charge on any atom is 0.271 e. The van der Waals surface area contributed by atoms with Gasteiger partial charge in [0.25, 0.3) is 11.8 Å². The predicted octanol–water partition coefficient (Wildman–Crippen LogP) is 3.55. The van der Waals surface area contributed by atoms with Crippen molar-refractivity contribution in [1.82, 2.24) is 5.43 Å². The van der Waals surface area contributed by atoms with Crippen molar-refractivity contribution in [2.75, 3.05) is 5.32 Å². The summed E-state index contributed by atoms with van der Waals surface area (Å²) in [5.41, 5.74) is 4.20. The van der Waals surface area contributed by atoms with Crippen LogP contribution in [0.2, 0.25) is 0 Å². The number of anilines is 1. The Kier molecular flexibility index (Phi) is 5.76. The number of hydrogen-bond donors (Lipinski definition) is 3. The van der Waals surface area contributed by atoms with Crippen molar-refractivity contribution in [3.05, 3.63) is 95.3 Å². The number of hydrazone groups is 1. The zero-order valence-corrected chi connectivity index (χ0v) is 14.6. The van der Waals surface area contributed by atoms with Crippen LogP contribution >= 0.6 is 0 Å². The highest BCUT2D eigenvalue weighted by molar-refractivity contribution is 6.04. The molecule has 0 spiro atoms. The Hall–Kier alpha value is -4.00. The summed E-state index contributed by atoms with van der Waals surface area (Å²) in [7, 11) is 0. The summed E-state index contributed by atoms with van der Waals surface area (Å²) in [6.45, 7) is 0. The molecule has 3 N–H and O–H groups in total. The molecule has 0 bridgehead atoms. The monoisotopic (exact) mass is 377 g/mol. The second-order valence-corrected chi connectivity index (χ2v) is 5.83. The topological polar surface area (TPSA) is 90.8 Å². The van der Waals surface area contributed by atoms with Gasteiger partial charge in [-0.15, -0.1) is 0 Å². The molecule has 0 unspecified atom stereocenters. The smallest absolute Gasteiger partial charge is 0.271 e. The quantitative estimate of drug-likeness (QED) is 0.469. The third-order valence-electron chi connectivity index (χ3n) is 3.76. The van der Waals surface area contributed by atoms with Crippen LogP contribution in [0.5, 0.6) is 5.75 Å². The van der Waals surface area contributed by atoms with Gasteiger partial charge < -0.3 is 10.4 Å². The average molecular weight is 377 g/mol. The molecule has 3 aromatic carbocycles. The molecule has 3 rings (SSSR count). The number of rotatable bonds is 5.